The third-order valence-corrected chi connectivity index (χ3v) is 7.67. The fourth-order valence-corrected chi connectivity index (χ4v) is 5.83. The molecule has 0 fully saturated rings. The highest BCUT2D eigenvalue weighted by molar-refractivity contribution is 8.00. The summed E-state index contributed by atoms with van der Waals surface area (Å²) in [6.45, 7) is 8.71. The van der Waals surface area contributed by atoms with Crippen molar-refractivity contribution in [1.82, 2.24) is 4.90 Å². The fraction of sp³-hybridized carbons (Fsp3) is 0.265. The van der Waals surface area contributed by atoms with Crippen LogP contribution in [0.15, 0.2) is 126 Å². The van der Waals surface area contributed by atoms with Crippen LogP contribution in [0.2, 0.25) is 0 Å². The predicted molar refractivity (Wildman–Crippen MR) is 158 cm³/mol. The first-order valence-corrected chi connectivity index (χ1v) is 14.0. The van der Waals surface area contributed by atoms with Crippen molar-refractivity contribution in [2.45, 2.75) is 62.1 Å². The Morgan fingerprint density at radius 3 is 1.74 bits per heavy atom. The van der Waals surface area contributed by atoms with Crippen LogP contribution in [0, 0.1) is 0 Å². The van der Waals surface area contributed by atoms with Gasteiger partial charge in [-0.25, -0.2) is 0 Å². The molecule has 3 atom stereocenters. The van der Waals surface area contributed by atoms with E-state index in [1.807, 2.05) is 57.2 Å². The van der Waals surface area contributed by atoms with Crippen LogP contribution in [0.5, 0.6) is 0 Å². The summed E-state index contributed by atoms with van der Waals surface area (Å²) in [4.78, 5) is 17.5. The average molecular weight is 524 g/mol. The van der Waals surface area contributed by atoms with Crippen LogP contribution < -0.4 is 0 Å². The first-order valence-electron chi connectivity index (χ1n) is 13.2. The molecule has 0 N–H and O–H groups in total. The molecule has 3 nitrogen and oxygen atoms in total. The molecular formula is C34H37NO2S. The van der Waals surface area contributed by atoms with E-state index >= 15 is 0 Å². The van der Waals surface area contributed by atoms with Gasteiger partial charge >= 0.3 is 5.97 Å². The van der Waals surface area contributed by atoms with Crippen molar-refractivity contribution in [2.75, 3.05) is 0 Å². The van der Waals surface area contributed by atoms with Crippen LogP contribution in [0.1, 0.15) is 56.5 Å². The van der Waals surface area contributed by atoms with E-state index in [4.69, 9.17) is 4.74 Å². The molecular weight excluding hydrogens is 486 g/mol. The summed E-state index contributed by atoms with van der Waals surface area (Å²) in [5.41, 5.74) is 2.90. The Bertz CT molecular complexity index is 1260. The Labute approximate surface area is 231 Å². The molecule has 0 aliphatic heterocycles. The first kappa shape index (κ1) is 27.7. The molecule has 0 aliphatic rings. The number of esters is 1. The fourth-order valence-electron chi connectivity index (χ4n) is 4.63. The molecule has 0 bridgehead atoms. The van der Waals surface area contributed by atoms with Crippen molar-refractivity contribution in [3.63, 3.8) is 0 Å². The number of thioether (sulfide) groups is 1. The van der Waals surface area contributed by atoms with Gasteiger partial charge in [0.25, 0.3) is 0 Å². The molecule has 0 unspecified atom stereocenters. The van der Waals surface area contributed by atoms with Crippen LogP contribution in [0.25, 0.3) is 0 Å². The largest absolute Gasteiger partial charge is 0.459 e. The Hall–Kier alpha value is -3.34. The SMILES string of the molecule is C[C@H](c1ccccc1)N(Cc1ccccc1)[C@H](c1ccccc1)[C@@H](Sc1ccccc1)C(=O)OC(C)(C)C. The monoisotopic (exact) mass is 523 g/mol. The Balaban J connectivity index is 1.86. The second kappa shape index (κ2) is 12.9. The number of hydrogen-bond donors (Lipinski definition) is 0. The molecule has 4 aromatic carbocycles. The smallest absolute Gasteiger partial charge is 0.321 e. The molecule has 0 spiro atoms. The minimum Gasteiger partial charge on any atom is -0.459 e. The molecule has 196 valence electrons. The van der Waals surface area contributed by atoms with Gasteiger partial charge in [0.2, 0.25) is 0 Å². The summed E-state index contributed by atoms with van der Waals surface area (Å²) in [6, 6.07) is 41.3. The lowest BCUT2D eigenvalue weighted by Gasteiger charge is -2.41. The van der Waals surface area contributed by atoms with E-state index in [0.717, 1.165) is 10.5 Å². The zero-order valence-electron chi connectivity index (χ0n) is 22.7. The van der Waals surface area contributed by atoms with E-state index in [9.17, 15) is 4.79 Å². The van der Waals surface area contributed by atoms with E-state index in [1.165, 1.54) is 11.1 Å². The molecule has 4 rings (SSSR count). The Morgan fingerprint density at radius 1 is 0.737 bits per heavy atom. The number of carbonyl (C=O) groups excluding carboxylic acids is 1. The van der Waals surface area contributed by atoms with Crippen molar-refractivity contribution in [1.29, 1.82) is 0 Å². The lowest BCUT2D eigenvalue weighted by Crippen LogP contribution is -2.42. The highest BCUT2D eigenvalue weighted by atomic mass is 32.2. The van der Waals surface area contributed by atoms with E-state index in [1.54, 1.807) is 11.8 Å². The number of hydrogen-bond acceptors (Lipinski definition) is 4. The lowest BCUT2D eigenvalue weighted by atomic mass is 9.96. The van der Waals surface area contributed by atoms with Gasteiger partial charge in [-0.2, -0.15) is 0 Å². The summed E-state index contributed by atoms with van der Waals surface area (Å²) in [7, 11) is 0. The normalized spacial score (nSPS) is 14.0. The Kier molecular flexibility index (Phi) is 9.43. The summed E-state index contributed by atoms with van der Waals surface area (Å²) in [5, 5.41) is -0.492. The second-order valence-corrected chi connectivity index (χ2v) is 11.7. The van der Waals surface area contributed by atoms with Crippen LogP contribution in [0.4, 0.5) is 0 Å². The number of rotatable bonds is 10. The summed E-state index contributed by atoms with van der Waals surface area (Å²) < 4.78 is 6.07. The van der Waals surface area contributed by atoms with Gasteiger partial charge in [-0.15, -0.1) is 11.8 Å². The number of ether oxygens (including phenoxy) is 1. The molecule has 0 aliphatic carbocycles. The van der Waals surface area contributed by atoms with Crippen molar-refractivity contribution < 1.29 is 9.53 Å². The number of benzene rings is 4. The van der Waals surface area contributed by atoms with Crippen molar-refractivity contribution in [3.05, 3.63) is 138 Å². The zero-order valence-corrected chi connectivity index (χ0v) is 23.5. The molecule has 4 aromatic rings. The second-order valence-electron chi connectivity index (χ2n) is 10.5. The van der Waals surface area contributed by atoms with E-state index in [0.29, 0.717) is 6.54 Å². The van der Waals surface area contributed by atoms with Gasteiger partial charge in [0.15, 0.2) is 0 Å². The summed E-state index contributed by atoms with van der Waals surface area (Å²) >= 11 is 1.58. The van der Waals surface area contributed by atoms with E-state index in [-0.39, 0.29) is 18.1 Å². The lowest BCUT2D eigenvalue weighted by molar-refractivity contribution is -0.155. The first-order chi connectivity index (χ1) is 18.3. The van der Waals surface area contributed by atoms with Gasteiger partial charge < -0.3 is 4.74 Å². The van der Waals surface area contributed by atoms with E-state index < -0.39 is 10.9 Å². The molecule has 0 radical (unpaired) electrons. The molecule has 0 heterocycles. The molecule has 0 saturated heterocycles. The topological polar surface area (TPSA) is 29.5 Å². The highest BCUT2D eigenvalue weighted by Crippen LogP contribution is 2.42. The molecule has 38 heavy (non-hydrogen) atoms. The molecule has 0 saturated carbocycles. The van der Waals surface area contributed by atoms with Crippen molar-refractivity contribution in [3.8, 4) is 0 Å². The number of nitrogens with zero attached hydrogens (tertiary/aromatic N) is 1. The van der Waals surface area contributed by atoms with Crippen LogP contribution in [0.3, 0.4) is 0 Å². The van der Waals surface area contributed by atoms with Gasteiger partial charge in [-0.05, 0) is 56.5 Å². The van der Waals surface area contributed by atoms with Crippen LogP contribution in [-0.4, -0.2) is 21.7 Å². The maximum atomic E-state index is 14.0. The zero-order chi connectivity index (χ0) is 27.0. The standard InChI is InChI=1S/C34H37NO2S/c1-26(28-19-11-6-12-20-28)35(25-27-17-9-5-10-18-27)31(29-21-13-7-14-22-29)32(33(36)37-34(2,3)4)38-30-23-15-8-16-24-30/h5-24,26,31-32H,25H2,1-4H3/t26-,31-,32-/m1/s1. The average Bonchev–Trinajstić information content (AvgIpc) is 2.93. The minimum absolute atomic E-state index is 0.0444. The predicted octanol–water partition coefficient (Wildman–Crippen LogP) is 8.49. The highest BCUT2D eigenvalue weighted by Gasteiger charge is 2.39. The third-order valence-electron chi connectivity index (χ3n) is 6.42. The van der Waals surface area contributed by atoms with Gasteiger partial charge in [0.05, 0.1) is 6.04 Å². The van der Waals surface area contributed by atoms with Crippen LogP contribution in [-0.2, 0) is 16.1 Å². The van der Waals surface area contributed by atoms with Crippen molar-refractivity contribution >= 4 is 17.7 Å². The maximum absolute atomic E-state index is 14.0. The van der Waals surface area contributed by atoms with Gasteiger partial charge in [-0.1, -0.05) is 109 Å². The van der Waals surface area contributed by atoms with Gasteiger partial charge in [0, 0.05) is 17.5 Å². The summed E-state index contributed by atoms with van der Waals surface area (Å²) in [5.74, 6) is -0.210. The molecule has 4 heteroatoms. The number of carbonyl (C=O) groups is 1. The summed E-state index contributed by atoms with van der Waals surface area (Å²) in [6.07, 6.45) is 0. The van der Waals surface area contributed by atoms with Crippen LogP contribution >= 0.6 is 11.8 Å². The molecule has 0 aromatic heterocycles. The van der Waals surface area contributed by atoms with Gasteiger partial charge in [0.1, 0.15) is 10.9 Å². The molecule has 0 amide bonds. The minimum atomic E-state index is -0.594. The van der Waals surface area contributed by atoms with E-state index in [2.05, 4.69) is 96.8 Å². The van der Waals surface area contributed by atoms with Gasteiger partial charge in [-0.3, -0.25) is 9.69 Å². The third kappa shape index (κ3) is 7.59. The Morgan fingerprint density at radius 2 is 1.21 bits per heavy atom. The maximum Gasteiger partial charge on any atom is 0.321 e. The quantitative estimate of drug-likeness (QED) is 0.154. The van der Waals surface area contributed by atoms with Crippen molar-refractivity contribution in [2.24, 2.45) is 0 Å².